The van der Waals surface area contributed by atoms with Gasteiger partial charge in [-0.05, 0) is 42.0 Å². The number of hydrogen-bond acceptors (Lipinski definition) is 5. The van der Waals surface area contributed by atoms with Crippen molar-refractivity contribution in [1.82, 2.24) is 0 Å². The molecule has 0 aliphatic heterocycles. The van der Waals surface area contributed by atoms with Crippen LogP contribution < -0.4 is 9.47 Å². The highest BCUT2D eigenvalue weighted by atomic mass is 16.5. The summed E-state index contributed by atoms with van der Waals surface area (Å²) in [5.41, 5.74) is 1.33. The Kier molecular flexibility index (Phi) is 6.70. The van der Waals surface area contributed by atoms with Crippen molar-refractivity contribution in [1.29, 1.82) is 5.26 Å². The first kappa shape index (κ1) is 20.5. The maximum Gasteiger partial charge on any atom is 0.335 e. The Labute approximate surface area is 174 Å². The summed E-state index contributed by atoms with van der Waals surface area (Å²) < 4.78 is 16.7. The number of nitriles is 1. The Morgan fingerprint density at radius 2 is 1.63 bits per heavy atom. The zero-order valence-electron chi connectivity index (χ0n) is 16.2. The second kappa shape index (κ2) is 9.80. The van der Waals surface area contributed by atoms with Crippen LogP contribution in [0.3, 0.4) is 0 Å². The number of hydrogen-bond donors (Lipinski definition) is 1. The predicted molar refractivity (Wildman–Crippen MR) is 111 cm³/mol. The van der Waals surface area contributed by atoms with Crippen molar-refractivity contribution in [3.05, 3.63) is 95.8 Å². The van der Waals surface area contributed by atoms with Crippen molar-refractivity contribution in [3.63, 3.8) is 0 Å². The van der Waals surface area contributed by atoms with Gasteiger partial charge in [0, 0.05) is 12.5 Å². The minimum Gasteiger partial charge on any atom is -0.504 e. The van der Waals surface area contributed by atoms with Crippen LogP contribution in [0.25, 0.3) is 0 Å². The molecule has 3 aromatic rings. The van der Waals surface area contributed by atoms with Crippen molar-refractivity contribution in [2.24, 2.45) is 0 Å². The molecule has 6 nitrogen and oxygen atoms in total. The van der Waals surface area contributed by atoms with Gasteiger partial charge in [0.05, 0.1) is 30.6 Å². The van der Waals surface area contributed by atoms with Gasteiger partial charge in [-0.15, -0.1) is 0 Å². The van der Waals surface area contributed by atoms with E-state index in [1.54, 1.807) is 60.7 Å². The Balaban J connectivity index is 1.80. The van der Waals surface area contributed by atoms with E-state index < -0.39 is 5.97 Å². The number of aliphatic carboxylic acids is 1. The van der Waals surface area contributed by atoms with Crippen LogP contribution in [0.1, 0.15) is 11.1 Å². The molecule has 0 heterocycles. The van der Waals surface area contributed by atoms with Gasteiger partial charge >= 0.3 is 5.97 Å². The van der Waals surface area contributed by atoms with Gasteiger partial charge in [-0.2, -0.15) is 5.26 Å². The zero-order chi connectivity index (χ0) is 21.3. The molecule has 0 radical (unpaired) electrons. The third-order valence-corrected chi connectivity index (χ3v) is 4.12. The maximum absolute atomic E-state index is 11.4. The fraction of sp³-hybridized carbons (Fsp3) is 0.0833. The number of benzene rings is 3. The lowest BCUT2D eigenvalue weighted by Crippen LogP contribution is -2.05. The minimum atomic E-state index is -1.05. The van der Waals surface area contributed by atoms with Gasteiger partial charge in [0.2, 0.25) is 0 Å². The summed E-state index contributed by atoms with van der Waals surface area (Å²) in [7, 11) is 1.41. The van der Waals surface area contributed by atoms with E-state index in [2.05, 4.69) is 6.07 Å². The number of para-hydroxylation sites is 1. The lowest BCUT2D eigenvalue weighted by atomic mass is 10.1. The Morgan fingerprint density at radius 1 is 0.967 bits per heavy atom. The Hall–Kier alpha value is -4.24. The molecule has 3 aromatic carbocycles. The molecule has 0 bridgehead atoms. The molecule has 0 saturated carbocycles. The van der Waals surface area contributed by atoms with E-state index in [-0.39, 0.29) is 12.0 Å². The molecule has 0 aromatic heterocycles. The lowest BCUT2D eigenvalue weighted by molar-refractivity contribution is -0.132. The van der Waals surface area contributed by atoms with Crippen molar-refractivity contribution < 1.29 is 24.1 Å². The van der Waals surface area contributed by atoms with Gasteiger partial charge < -0.3 is 19.3 Å². The van der Waals surface area contributed by atoms with E-state index in [1.165, 1.54) is 13.4 Å². The molecule has 0 atom stereocenters. The van der Waals surface area contributed by atoms with E-state index in [4.69, 9.17) is 19.5 Å². The van der Waals surface area contributed by atoms with Crippen molar-refractivity contribution in [3.8, 4) is 29.1 Å². The largest absolute Gasteiger partial charge is 0.504 e. The smallest absolute Gasteiger partial charge is 0.335 e. The molecule has 0 spiro atoms. The summed E-state index contributed by atoms with van der Waals surface area (Å²) >= 11 is 0. The fourth-order valence-corrected chi connectivity index (χ4v) is 2.76. The Bertz CT molecular complexity index is 1110. The van der Waals surface area contributed by atoms with Gasteiger partial charge in [-0.3, -0.25) is 0 Å². The number of nitrogens with zero attached hydrogens (tertiary/aromatic N) is 1. The average Bonchev–Trinajstić information content (AvgIpc) is 2.75. The summed E-state index contributed by atoms with van der Waals surface area (Å²) in [6, 6.07) is 23.2. The Morgan fingerprint density at radius 3 is 2.33 bits per heavy atom. The first-order chi connectivity index (χ1) is 14.6. The molecule has 0 amide bonds. The van der Waals surface area contributed by atoms with Crippen molar-refractivity contribution in [2.75, 3.05) is 7.11 Å². The molecule has 30 heavy (non-hydrogen) atoms. The van der Waals surface area contributed by atoms with Gasteiger partial charge in [0.15, 0.2) is 0 Å². The predicted octanol–water partition coefficient (Wildman–Crippen LogP) is 5.30. The summed E-state index contributed by atoms with van der Waals surface area (Å²) in [4.78, 5) is 11.4. The molecule has 0 aliphatic rings. The molecule has 0 aliphatic carbocycles. The van der Waals surface area contributed by atoms with Crippen molar-refractivity contribution in [2.45, 2.75) is 6.42 Å². The molecule has 0 saturated heterocycles. The van der Waals surface area contributed by atoms with E-state index >= 15 is 0 Å². The molecule has 6 heteroatoms. The van der Waals surface area contributed by atoms with Crippen LogP contribution in [0, 0.1) is 11.3 Å². The van der Waals surface area contributed by atoms with Crippen LogP contribution in [-0.2, 0) is 16.0 Å². The van der Waals surface area contributed by atoms with E-state index in [9.17, 15) is 9.90 Å². The van der Waals surface area contributed by atoms with Crippen LogP contribution >= 0.6 is 0 Å². The zero-order valence-corrected chi connectivity index (χ0v) is 16.2. The first-order valence-corrected chi connectivity index (χ1v) is 9.08. The highest BCUT2D eigenvalue weighted by molar-refractivity contribution is 5.87. The second-order valence-electron chi connectivity index (χ2n) is 6.29. The quantitative estimate of drug-likeness (QED) is 0.407. The maximum atomic E-state index is 11.4. The second-order valence-corrected chi connectivity index (χ2v) is 6.29. The highest BCUT2D eigenvalue weighted by Gasteiger charge is 2.13. The lowest BCUT2D eigenvalue weighted by Gasteiger charge is -2.13. The fourth-order valence-electron chi connectivity index (χ4n) is 2.76. The summed E-state index contributed by atoms with van der Waals surface area (Å²) in [5, 5.41) is 18.4. The van der Waals surface area contributed by atoms with Crippen LogP contribution in [0.15, 0.2) is 84.6 Å². The third-order valence-electron chi connectivity index (χ3n) is 4.12. The SMILES string of the molecule is CO/C=C(\Cc1ccccc1Oc1cccc(Oc2cccc(C#N)c2)c1)C(=O)O. The number of carbonyl (C=O) groups is 1. The molecule has 1 N–H and O–H groups in total. The van der Waals surface area contributed by atoms with E-state index in [0.29, 0.717) is 34.1 Å². The molecule has 3 rings (SSSR count). The van der Waals surface area contributed by atoms with Gasteiger partial charge in [0.25, 0.3) is 0 Å². The van der Waals surface area contributed by atoms with Crippen LogP contribution in [0.2, 0.25) is 0 Å². The normalized spacial score (nSPS) is 10.7. The minimum absolute atomic E-state index is 0.114. The highest BCUT2D eigenvalue weighted by Crippen LogP contribution is 2.31. The topological polar surface area (TPSA) is 88.8 Å². The average molecular weight is 401 g/mol. The monoisotopic (exact) mass is 401 g/mol. The number of rotatable bonds is 8. The van der Waals surface area contributed by atoms with Crippen LogP contribution in [0.4, 0.5) is 0 Å². The molecule has 0 unspecified atom stereocenters. The molecule has 0 fully saturated rings. The number of methoxy groups -OCH3 is 1. The molecular weight excluding hydrogens is 382 g/mol. The van der Waals surface area contributed by atoms with E-state index in [1.807, 2.05) is 12.1 Å². The van der Waals surface area contributed by atoms with Crippen molar-refractivity contribution >= 4 is 5.97 Å². The first-order valence-electron chi connectivity index (χ1n) is 9.08. The summed E-state index contributed by atoms with van der Waals surface area (Å²) in [5.74, 6) is 1.10. The summed E-state index contributed by atoms with van der Waals surface area (Å²) in [6.07, 6.45) is 1.36. The van der Waals surface area contributed by atoms with Gasteiger partial charge in [-0.25, -0.2) is 4.79 Å². The standard InChI is InChI=1S/C24H19NO5/c1-28-16-19(24(26)27)13-18-7-2-3-11-23(18)30-22-10-5-9-21(14-22)29-20-8-4-6-17(12-20)15-25/h2-12,14,16H,13H2,1H3,(H,26,27)/b19-16+. The van der Waals surface area contributed by atoms with Crippen LogP contribution in [0.5, 0.6) is 23.0 Å². The van der Waals surface area contributed by atoms with Gasteiger partial charge in [-0.1, -0.05) is 30.3 Å². The van der Waals surface area contributed by atoms with Gasteiger partial charge in [0.1, 0.15) is 23.0 Å². The van der Waals surface area contributed by atoms with Crippen LogP contribution in [-0.4, -0.2) is 18.2 Å². The number of carboxylic acids is 1. The number of ether oxygens (including phenoxy) is 3. The molecular formula is C24H19NO5. The third kappa shape index (κ3) is 5.40. The summed E-state index contributed by atoms with van der Waals surface area (Å²) in [6.45, 7) is 0. The van der Waals surface area contributed by atoms with E-state index in [0.717, 1.165) is 0 Å². The number of carboxylic acid groups (broad SMARTS) is 1. The molecule has 150 valence electrons.